The van der Waals surface area contributed by atoms with E-state index in [1.165, 1.54) is 19.7 Å². The van der Waals surface area contributed by atoms with Gasteiger partial charge in [-0.3, -0.25) is 14.4 Å². The van der Waals surface area contributed by atoms with Gasteiger partial charge in [0.05, 0.1) is 11.7 Å². The van der Waals surface area contributed by atoms with E-state index in [9.17, 15) is 36.0 Å². The van der Waals surface area contributed by atoms with Crippen molar-refractivity contribution in [2.45, 2.75) is 144 Å². The van der Waals surface area contributed by atoms with Crippen LogP contribution in [0.15, 0.2) is 95.7 Å². The molecule has 0 fully saturated rings. The number of aromatic nitrogens is 4. The number of rotatable bonds is 23. The Kier molecular flexibility index (Phi) is 20.7. The van der Waals surface area contributed by atoms with Gasteiger partial charge in [0.2, 0.25) is 17.7 Å². The number of nitrogens with one attached hydrogen (secondary N) is 3. The van der Waals surface area contributed by atoms with Crippen molar-refractivity contribution in [2.24, 2.45) is 17.6 Å². The summed E-state index contributed by atoms with van der Waals surface area (Å²) in [5, 5.41) is 26.0. The minimum absolute atomic E-state index is 0.0129. The molecular formula is C54H71BF5N9O7S. The van der Waals surface area contributed by atoms with Gasteiger partial charge >= 0.3 is 19.1 Å². The highest BCUT2D eigenvalue weighted by Crippen LogP contribution is 2.43. The number of hydrogen-bond acceptors (Lipinski definition) is 9. The molecular weight excluding hydrogens is 1020 g/mol. The zero-order chi connectivity index (χ0) is 57.2. The van der Waals surface area contributed by atoms with E-state index >= 15 is 8.63 Å². The monoisotopic (exact) mass is 1100 g/mol. The van der Waals surface area contributed by atoms with Crippen LogP contribution in [0.5, 0.6) is 0 Å². The van der Waals surface area contributed by atoms with Crippen molar-refractivity contribution >= 4 is 51.8 Å². The Morgan fingerprint density at radius 1 is 0.818 bits per heavy atom. The maximum absolute atomic E-state index is 16.1. The van der Waals surface area contributed by atoms with E-state index in [0.29, 0.717) is 60.7 Å². The van der Waals surface area contributed by atoms with Crippen LogP contribution in [-0.4, -0.2) is 104 Å². The number of unbranched alkanes of at least 4 members (excludes halogenated alkanes) is 1. The van der Waals surface area contributed by atoms with Crippen LogP contribution in [0.25, 0.3) is 5.57 Å². The number of fused-ring (bicyclic) bond motifs is 2. The van der Waals surface area contributed by atoms with E-state index in [-0.39, 0.29) is 37.5 Å². The van der Waals surface area contributed by atoms with E-state index in [0.717, 1.165) is 45.1 Å². The van der Waals surface area contributed by atoms with Gasteiger partial charge in [-0.15, -0.1) is 5.10 Å². The Morgan fingerprint density at radius 3 is 1.92 bits per heavy atom. The number of allylic oxidation sites excluding steroid dienone is 3. The van der Waals surface area contributed by atoms with Gasteiger partial charge < -0.3 is 44.4 Å². The first kappa shape index (κ1) is 61.1. The summed E-state index contributed by atoms with van der Waals surface area (Å²) in [7, 11) is -3.52. The summed E-state index contributed by atoms with van der Waals surface area (Å²) >= 11 is 0. The zero-order valence-corrected chi connectivity index (χ0v) is 45.8. The number of carbonyl (C=O) groups excluding carboxylic acids is 3. The predicted molar refractivity (Wildman–Crippen MR) is 286 cm³/mol. The van der Waals surface area contributed by atoms with Gasteiger partial charge in [0.25, 0.3) is 0 Å². The van der Waals surface area contributed by atoms with E-state index in [4.69, 9.17) is 15.6 Å². The number of hydrogen-bond donors (Lipinski definition) is 5. The highest BCUT2D eigenvalue weighted by atomic mass is 32.2. The number of benzene rings is 2. The first-order valence-corrected chi connectivity index (χ1v) is 27.5. The number of amides is 3. The van der Waals surface area contributed by atoms with E-state index < -0.39 is 70.8 Å². The maximum atomic E-state index is 16.1. The Morgan fingerprint density at radius 2 is 1.36 bits per heavy atom. The van der Waals surface area contributed by atoms with Crippen molar-refractivity contribution in [3.63, 3.8) is 0 Å². The molecule has 418 valence electrons. The number of aliphatic carboxylic acids is 1. The Balaban J connectivity index is 0.00000146. The third kappa shape index (κ3) is 16.6. The van der Waals surface area contributed by atoms with Gasteiger partial charge in [-0.25, -0.2) is 17.9 Å². The highest BCUT2D eigenvalue weighted by molar-refractivity contribution is 7.93. The van der Waals surface area contributed by atoms with Crippen LogP contribution in [0.3, 0.4) is 0 Å². The summed E-state index contributed by atoms with van der Waals surface area (Å²) in [5.41, 5.74) is 13.9. The number of aryl methyl sites for hydroxylation is 3. The van der Waals surface area contributed by atoms with Gasteiger partial charge in [0.15, 0.2) is 15.5 Å². The number of carboxylic acid groups (broad SMARTS) is 1. The van der Waals surface area contributed by atoms with Crippen LogP contribution in [0.4, 0.5) is 21.8 Å². The third-order valence-corrected chi connectivity index (χ3v) is 13.8. The predicted octanol–water partition coefficient (Wildman–Crippen LogP) is 7.71. The number of nitrogens with two attached hydrogens (primary N) is 1. The van der Waals surface area contributed by atoms with Crippen molar-refractivity contribution in [3.05, 3.63) is 135 Å². The standard InChI is InChI=1S/C52H70BF2N9O5S.C2HF3O2/c1-33(2)25-45(50(65)57-42(23-24-70(9,68)69)29-40-19-21-41(31-56)22-20-40)58-51(66)46(26-34(3)4)59-52(67)47(30-39-15-11-10-12-16-39)62-32-43(60-61-62)17-13-14-18-44-48-35(5)27-37(7)63(48)53(54,55)64-38(8)28-36(6)49(44)64;3-2(4,5)1(6)7/h10-12,15-16,19-24,27-28,32-34,42,45-47H,13-14,17-18,25-26,29-31,56H2,1-9H3,(H,57,65)(H,58,66)(H,59,67);(H,6,7)/b24-23+;/t42-,45+,46+,47+;/m1./s1. The molecule has 77 heavy (non-hydrogen) atoms. The first-order chi connectivity index (χ1) is 36.0. The molecule has 0 radical (unpaired) electrons. The molecule has 3 amide bonds. The normalized spacial score (nSPS) is 15.8. The van der Waals surface area contributed by atoms with E-state index in [2.05, 4.69) is 26.3 Å². The topological polar surface area (TPSA) is 223 Å². The molecule has 16 nitrogen and oxygen atoms in total. The molecule has 4 atom stereocenters. The van der Waals surface area contributed by atoms with Crippen LogP contribution in [0, 0.1) is 25.7 Å². The molecule has 2 aromatic carbocycles. The summed E-state index contributed by atoms with van der Waals surface area (Å²) in [6.07, 6.45) is 4.61. The molecule has 23 heteroatoms. The van der Waals surface area contributed by atoms with Crippen molar-refractivity contribution in [1.29, 1.82) is 0 Å². The quantitative estimate of drug-likeness (QED) is 0.0276. The summed E-state index contributed by atoms with van der Waals surface area (Å²) in [6.45, 7) is 11.3. The molecule has 2 aliphatic heterocycles. The molecule has 0 spiro atoms. The fourth-order valence-corrected chi connectivity index (χ4v) is 10.2. The van der Waals surface area contributed by atoms with Crippen LogP contribution in [-0.2, 0) is 54.8 Å². The molecule has 4 heterocycles. The van der Waals surface area contributed by atoms with Crippen LogP contribution >= 0.6 is 0 Å². The number of alkyl halides is 3. The summed E-state index contributed by atoms with van der Waals surface area (Å²) in [5.74, 6) is -4.26. The largest absolute Gasteiger partial charge is 0.737 e. The third-order valence-electron chi connectivity index (χ3n) is 13.1. The summed E-state index contributed by atoms with van der Waals surface area (Å²) < 4.78 is 92.2. The van der Waals surface area contributed by atoms with Gasteiger partial charge in [0, 0.05) is 60.7 Å². The van der Waals surface area contributed by atoms with Crippen molar-refractivity contribution < 1.29 is 59.0 Å². The van der Waals surface area contributed by atoms with Crippen LogP contribution in [0.1, 0.15) is 119 Å². The van der Waals surface area contributed by atoms with Gasteiger partial charge in [-0.1, -0.05) is 93.6 Å². The number of sulfone groups is 1. The summed E-state index contributed by atoms with van der Waals surface area (Å²) in [6, 6.07) is 15.2. The Bertz CT molecular complexity index is 3000. The Hall–Kier alpha value is -6.75. The van der Waals surface area contributed by atoms with Crippen molar-refractivity contribution in [2.75, 3.05) is 6.26 Å². The molecule has 0 saturated carbocycles. The highest BCUT2D eigenvalue weighted by Gasteiger charge is 2.54. The average Bonchev–Trinajstić information content (AvgIpc) is 4.04. The van der Waals surface area contributed by atoms with Crippen molar-refractivity contribution in [1.82, 2.24) is 35.4 Å². The molecule has 2 aliphatic rings. The first-order valence-electron chi connectivity index (χ1n) is 25.6. The maximum Gasteiger partial charge on any atom is 0.737 e. The molecule has 6 N–H and O–H groups in total. The van der Waals surface area contributed by atoms with Gasteiger partial charge in [-0.05, 0) is 112 Å². The lowest BCUT2D eigenvalue weighted by Crippen LogP contribution is -2.56. The minimum atomic E-state index is -5.08. The molecule has 2 aromatic heterocycles. The number of nitrogens with zero attached hydrogens (tertiary/aromatic N) is 5. The van der Waals surface area contributed by atoms with E-state index in [1.807, 2.05) is 108 Å². The fraction of sp³-hybridized carbons (Fsp3) is 0.463. The lowest BCUT2D eigenvalue weighted by molar-refractivity contribution is -0.363. The molecule has 6 rings (SSSR count). The molecule has 0 saturated heterocycles. The SMILES string of the molecule is CC1=CC(C)=[N+]2C1=C(CCCCc1cn([C@@H](Cc3ccccc3)C(=O)N[C@@H](CC(C)C)C(=O)N[C@@H](CC(C)C)C(=O)N[C@H](/C=C/S(C)(=O)=O)Cc3ccc(CN)cc3)nn1)c1c(C)cc(C)n1[B-]2(F)F.O=C(O)C(F)(F)F. The molecule has 4 aromatic rings. The minimum Gasteiger partial charge on any atom is -0.475 e. The Labute approximate surface area is 447 Å². The number of halogens is 5. The number of carbonyl (C=O) groups is 4. The molecule has 0 aliphatic carbocycles. The molecule has 0 unspecified atom stereocenters. The smallest absolute Gasteiger partial charge is 0.475 e. The van der Waals surface area contributed by atoms with E-state index in [1.54, 1.807) is 20.0 Å². The second-order valence-electron chi connectivity index (χ2n) is 20.7. The molecule has 0 bridgehead atoms. The van der Waals surface area contributed by atoms with Crippen LogP contribution in [0.2, 0.25) is 0 Å². The second kappa shape index (κ2) is 26.1. The van der Waals surface area contributed by atoms with Gasteiger partial charge in [-0.2, -0.15) is 13.2 Å². The second-order valence-corrected chi connectivity index (χ2v) is 22.7. The lowest BCUT2D eigenvalue weighted by Gasteiger charge is -2.34. The summed E-state index contributed by atoms with van der Waals surface area (Å²) in [4.78, 5) is 51.8. The van der Waals surface area contributed by atoms with Gasteiger partial charge in [0.1, 0.15) is 23.8 Å². The lowest BCUT2D eigenvalue weighted by atomic mass is 9.84. The van der Waals surface area contributed by atoms with Crippen molar-refractivity contribution in [3.8, 4) is 0 Å². The fourth-order valence-electron chi connectivity index (χ4n) is 9.70. The van der Waals surface area contributed by atoms with Crippen LogP contribution < -0.4 is 21.7 Å². The average molecular weight is 1100 g/mol. The zero-order valence-electron chi connectivity index (χ0n) is 45.0. The number of carboxylic acids is 1.